The third-order valence-electron chi connectivity index (χ3n) is 4.35. The average molecular weight is 355 g/mol. The number of benzene rings is 1. The molecule has 0 bridgehead atoms. The maximum atomic E-state index is 12.6. The van der Waals surface area contributed by atoms with E-state index in [1.54, 1.807) is 0 Å². The van der Waals surface area contributed by atoms with E-state index in [-0.39, 0.29) is 23.1 Å². The van der Waals surface area contributed by atoms with Crippen LogP contribution in [0, 0.1) is 13.8 Å². The van der Waals surface area contributed by atoms with Gasteiger partial charge in [-0.2, -0.15) is 0 Å². The van der Waals surface area contributed by atoms with Gasteiger partial charge < -0.3 is 5.32 Å². The fourth-order valence-electron chi connectivity index (χ4n) is 2.73. The molecule has 0 spiro atoms. The second kappa shape index (κ2) is 7.19. The van der Waals surface area contributed by atoms with Crippen LogP contribution in [0.5, 0.6) is 0 Å². The summed E-state index contributed by atoms with van der Waals surface area (Å²) in [7, 11) is 0. The van der Waals surface area contributed by atoms with Crippen LogP contribution in [0.1, 0.15) is 39.8 Å². The molecular formula is C19H21N3O2S. The van der Waals surface area contributed by atoms with E-state index in [1.807, 2.05) is 39.0 Å². The second-order valence-corrected chi connectivity index (χ2v) is 7.42. The number of fused-ring (bicyclic) bond motifs is 1. The molecule has 0 aliphatic carbocycles. The molecule has 5 nitrogen and oxygen atoms in total. The minimum absolute atomic E-state index is 0.0295. The Morgan fingerprint density at radius 2 is 2.00 bits per heavy atom. The number of aromatic nitrogens is 2. The lowest BCUT2D eigenvalue weighted by atomic mass is 10.1. The molecule has 0 saturated carbocycles. The topological polar surface area (TPSA) is 63.5 Å². The Hall–Kier alpha value is -2.47. The minimum Gasteiger partial charge on any atom is -0.349 e. The van der Waals surface area contributed by atoms with Crippen molar-refractivity contribution in [2.24, 2.45) is 0 Å². The van der Waals surface area contributed by atoms with Crippen LogP contribution in [0.15, 0.2) is 41.3 Å². The van der Waals surface area contributed by atoms with Crippen molar-refractivity contribution in [2.45, 2.75) is 39.7 Å². The first-order chi connectivity index (χ1) is 12.0. The zero-order chi connectivity index (χ0) is 18.0. The van der Waals surface area contributed by atoms with E-state index in [9.17, 15) is 9.59 Å². The zero-order valence-corrected chi connectivity index (χ0v) is 15.4. The van der Waals surface area contributed by atoms with Crippen molar-refractivity contribution in [3.8, 4) is 0 Å². The molecule has 3 aromatic rings. The van der Waals surface area contributed by atoms with Crippen molar-refractivity contribution in [1.29, 1.82) is 0 Å². The number of hydrogen-bond donors (Lipinski definition) is 1. The fraction of sp³-hybridized carbons (Fsp3) is 0.316. The molecule has 1 N–H and O–H groups in total. The molecule has 25 heavy (non-hydrogen) atoms. The van der Waals surface area contributed by atoms with Crippen molar-refractivity contribution >= 4 is 22.2 Å². The van der Waals surface area contributed by atoms with Crippen LogP contribution >= 0.6 is 11.3 Å². The monoisotopic (exact) mass is 355 g/mol. The third kappa shape index (κ3) is 3.64. The summed E-state index contributed by atoms with van der Waals surface area (Å²) < 4.78 is 1.52. The van der Waals surface area contributed by atoms with Gasteiger partial charge in [0.2, 0.25) is 0 Å². The molecule has 2 heterocycles. The van der Waals surface area contributed by atoms with Gasteiger partial charge in [-0.1, -0.05) is 30.3 Å². The molecule has 0 aliphatic rings. The Morgan fingerprint density at radius 3 is 2.72 bits per heavy atom. The molecule has 0 radical (unpaired) electrons. The highest BCUT2D eigenvalue weighted by Crippen LogP contribution is 2.18. The fourth-order valence-corrected chi connectivity index (χ4v) is 3.66. The number of carbonyl (C=O) groups is 1. The summed E-state index contributed by atoms with van der Waals surface area (Å²) in [6.07, 6.45) is 3.07. The largest absolute Gasteiger partial charge is 0.349 e. The average Bonchev–Trinajstić information content (AvgIpc) is 2.89. The number of nitrogens with zero attached hydrogens (tertiary/aromatic N) is 2. The van der Waals surface area contributed by atoms with Gasteiger partial charge in [-0.3, -0.25) is 14.0 Å². The Balaban J connectivity index is 1.72. The molecule has 0 unspecified atom stereocenters. The maximum absolute atomic E-state index is 12.6. The standard InChI is InChI=1S/C19H21N3O2S/c1-12(9-10-15-7-5-4-6-8-15)21-17(23)16-11-20-19-22(18(16)24)13(2)14(3)25-19/h4-8,11-12H,9-10H2,1-3H3,(H,21,23)/t12-/m0/s1. The molecule has 0 fully saturated rings. The van der Waals surface area contributed by atoms with Gasteiger partial charge in [0.25, 0.3) is 11.5 Å². The van der Waals surface area contributed by atoms with Gasteiger partial charge in [0.1, 0.15) is 5.56 Å². The molecular weight excluding hydrogens is 334 g/mol. The van der Waals surface area contributed by atoms with E-state index in [2.05, 4.69) is 22.4 Å². The Bertz CT molecular complexity index is 960. The van der Waals surface area contributed by atoms with Crippen LogP contribution in [0.2, 0.25) is 0 Å². The number of aryl methyl sites for hydroxylation is 3. The number of thiazole rings is 1. The van der Waals surface area contributed by atoms with Gasteiger partial charge >= 0.3 is 0 Å². The summed E-state index contributed by atoms with van der Waals surface area (Å²) in [5.74, 6) is -0.365. The lowest BCUT2D eigenvalue weighted by Crippen LogP contribution is -2.37. The van der Waals surface area contributed by atoms with Crippen molar-refractivity contribution < 1.29 is 4.79 Å². The van der Waals surface area contributed by atoms with Crippen molar-refractivity contribution in [3.05, 3.63) is 68.6 Å². The number of nitrogens with one attached hydrogen (secondary N) is 1. The molecule has 1 atom stereocenters. The van der Waals surface area contributed by atoms with Gasteiger partial charge in [0.05, 0.1) is 0 Å². The predicted molar refractivity (Wildman–Crippen MR) is 101 cm³/mol. The van der Waals surface area contributed by atoms with E-state index < -0.39 is 0 Å². The first-order valence-corrected chi connectivity index (χ1v) is 9.11. The molecule has 0 aliphatic heterocycles. The Kier molecular flexibility index (Phi) is 4.99. The van der Waals surface area contributed by atoms with E-state index in [1.165, 1.54) is 27.5 Å². The molecule has 1 aromatic carbocycles. The molecule has 2 aromatic heterocycles. The molecule has 0 saturated heterocycles. The quantitative estimate of drug-likeness (QED) is 0.765. The third-order valence-corrected chi connectivity index (χ3v) is 5.42. The molecule has 6 heteroatoms. The van der Waals surface area contributed by atoms with E-state index >= 15 is 0 Å². The summed E-state index contributed by atoms with van der Waals surface area (Å²) >= 11 is 1.45. The second-order valence-electron chi connectivity index (χ2n) is 6.24. The van der Waals surface area contributed by atoms with Crippen molar-refractivity contribution in [3.63, 3.8) is 0 Å². The van der Waals surface area contributed by atoms with Crippen molar-refractivity contribution in [2.75, 3.05) is 0 Å². The summed E-state index contributed by atoms with van der Waals surface area (Å²) in [6, 6.07) is 10.1. The van der Waals surface area contributed by atoms with Gasteiger partial charge in [0.15, 0.2) is 4.96 Å². The lowest BCUT2D eigenvalue weighted by Gasteiger charge is -2.13. The van der Waals surface area contributed by atoms with E-state index in [0.717, 1.165) is 23.4 Å². The first kappa shape index (κ1) is 17.4. The number of rotatable bonds is 5. The lowest BCUT2D eigenvalue weighted by molar-refractivity contribution is 0.0936. The van der Waals surface area contributed by atoms with Crippen LogP contribution in [0.4, 0.5) is 0 Å². The van der Waals surface area contributed by atoms with Gasteiger partial charge in [0, 0.05) is 22.8 Å². The Labute approximate surface area is 150 Å². The molecule has 1 amide bonds. The molecule has 130 valence electrons. The number of carbonyl (C=O) groups excluding carboxylic acids is 1. The Morgan fingerprint density at radius 1 is 1.28 bits per heavy atom. The number of hydrogen-bond acceptors (Lipinski definition) is 4. The first-order valence-electron chi connectivity index (χ1n) is 8.30. The van der Waals surface area contributed by atoms with Crippen LogP contribution in [-0.2, 0) is 6.42 Å². The van der Waals surface area contributed by atoms with Gasteiger partial charge in [-0.15, -0.1) is 11.3 Å². The smallest absolute Gasteiger partial charge is 0.271 e. The number of amides is 1. The summed E-state index contributed by atoms with van der Waals surface area (Å²) in [5.41, 5.74) is 1.85. The highest BCUT2D eigenvalue weighted by molar-refractivity contribution is 7.17. The normalized spacial score (nSPS) is 12.3. The summed E-state index contributed by atoms with van der Waals surface area (Å²) in [4.78, 5) is 31.0. The van der Waals surface area contributed by atoms with Gasteiger partial charge in [-0.25, -0.2) is 4.98 Å². The van der Waals surface area contributed by atoms with Crippen LogP contribution in [0.3, 0.4) is 0 Å². The SMILES string of the molecule is Cc1sc2ncc(C(=O)N[C@@H](C)CCc3ccccc3)c(=O)n2c1C. The molecule has 3 rings (SSSR count). The maximum Gasteiger partial charge on any atom is 0.271 e. The summed E-state index contributed by atoms with van der Waals surface area (Å²) in [6.45, 7) is 5.76. The van der Waals surface area contributed by atoms with Gasteiger partial charge in [-0.05, 0) is 39.2 Å². The highest BCUT2D eigenvalue weighted by atomic mass is 32.1. The zero-order valence-electron chi connectivity index (χ0n) is 14.6. The van der Waals surface area contributed by atoms with E-state index in [4.69, 9.17) is 0 Å². The van der Waals surface area contributed by atoms with Crippen LogP contribution < -0.4 is 10.9 Å². The van der Waals surface area contributed by atoms with Crippen LogP contribution in [-0.4, -0.2) is 21.3 Å². The minimum atomic E-state index is -0.365. The van der Waals surface area contributed by atoms with Crippen LogP contribution in [0.25, 0.3) is 4.96 Å². The summed E-state index contributed by atoms with van der Waals surface area (Å²) in [5, 5.41) is 2.91. The van der Waals surface area contributed by atoms with Crippen molar-refractivity contribution in [1.82, 2.24) is 14.7 Å². The van der Waals surface area contributed by atoms with E-state index in [0.29, 0.717) is 4.96 Å². The highest BCUT2D eigenvalue weighted by Gasteiger charge is 2.18. The predicted octanol–water partition coefficient (Wildman–Crippen LogP) is 3.12.